The summed E-state index contributed by atoms with van der Waals surface area (Å²) in [5.41, 5.74) is 0. The maximum Gasteiger partial charge on any atom is 0.195 e. The number of allylic oxidation sites excluding steroid dienone is 2. The van der Waals surface area contributed by atoms with Gasteiger partial charge in [-0.15, -0.1) is 0 Å². The first kappa shape index (κ1) is 6.58. The highest BCUT2D eigenvalue weighted by molar-refractivity contribution is 5.96. The number of hydrogen-bond acceptors (Lipinski definition) is 2. The molecule has 0 spiro atoms. The minimum atomic E-state index is -0.199. The van der Waals surface area contributed by atoms with Crippen LogP contribution in [0.2, 0.25) is 0 Å². The van der Waals surface area contributed by atoms with Gasteiger partial charge in [0.1, 0.15) is 5.84 Å². The van der Waals surface area contributed by atoms with Crippen molar-refractivity contribution >= 4 is 5.84 Å². The third kappa shape index (κ3) is 0.964. The van der Waals surface area contributed by atoms with Gasteiger partial charge in [0, 0.05) is 6.54 Å². The van der Waals surface area contributed by atoms with Crippen LogP contribution in [-0.4, -0.2) is 23.3 Å². The van der Waals surface area contributed by atoms with E-state index in [4.69, 9.17) is 0 Å². The van der Waals surface area contributed by atoms with Crippen LogP contribution in [-0.2, 0) is 0 Å². The topological polar surface area (TPSA) is 15.6 Å². The smallest absolute Gasteiger partial charge is 0.195 e. The van der Waals surface area contributed by atoms with E-state index >= 15 is 0 Å². The van der Waals surface area contributed by atoms with E-state index in [0.29, 0.717) is 6.54 Å². The molecule has 0 radical (unpaired) electrons. The van der Waals surface area contributed by atoms with Crippen molar-refractivity contribution in [2.24, 2.45) is 4.99 Å². The van der Waals surface area contributed by atoms with E-state index in [-0.39, 0.29) is 12.0 Å². The van der Waals surface area contributed by atoms with Crippen molar-refractivity contribution in [3.63, 3.8) is 0 Å². The molecule has 0 N–H and O–H groups in total. The van der Waals surface area contributed by atoms with Crippen LogP contribution in [0.4, 0.5) is 4.39 Å². The van der Waals surface area contributed by atoms with Crippen LogP contribution < -0.4 is 0 Å². The molecular formula is C8H9FN2. The number of nitrogens with zero attached hydrogens (tertiary/aromatic N) is 2. The van der Waals surface area contributed by atoms with Crippen LogP contribution in [0.25, 0.3) is 0 Å². The van der Waals surface area contributed by atoms with E-state index in [9.17, 15) is 4.39 Å². The summed E-state index contributed by atoms with van der Waals surface area (Å²) in [6.07, 6.45) is 4.96. The minimum absolute atomic E-state index is 0.199. The van der Waals surface area contributed by atoms with Gasteiger partial charge in [-0.25, -0.2) is 0 Å². The second-order valence-corrected chi connectivity index (χ2v) is 2.80. The summed E-state index contributed by atoms with van der Waals surface area (Å²) in [6, 6.07) is 0.215. The number of halogens is 1. The second kappa shape index (κ2) is 2.19. The van der Waals surface area contributed by atoms with E-state index in [1.807, 2.05) is 13.0 Å². The average Bonchev–Trinajstić information content (AvgIpc) is 2.31. The SMILES string of the molecule is C[C@@H]1CN2C(F)=CC=CC2=N1. The Bertz CT molecular complexity index is 265. The van der Waals surface area contributed by atoms with Crippen LogP contribution in [0.15, 0.2) is 29.2 Å². The molecule has 2 heterocycles. The average molecular weight is 152 g/mol. The fourth-order valence-electron chi connectivity index (χ4n) is 1.33. The molecule has 2 aliphatic heterocycles. The predicted octanol–water partition coefficient (Wildman–Crippen LogP) is 1.47. The Balaban J connectivity index is 2.33. The number of aliphatic imine (C=N–C) groups is 1. The van der Waals surface area contributed by atoms with Crippen molar-refractivity contribution in [1.29, 1.82) is 0 Å². The van der Waals surface area contributed by atoms with Crippen molar-refractivity contribution < 1.29 is 4.39 Å². The molecule has 0 aromatic heterocycles. The largest absolute Gasteiger partial charge is 0.301 e. The summed E-state index contributed by atoms with van der Waals surface area (Å²) in [6.45, 7) is 2.65. The zero-order chi connectivity index (χ0) is 7.84. The standard InChI is InChI=1S/C8H9FN2/c1-6-5-11-7(9)3-2-4-8(11)10-6/h2-4,6H,5H2,1H3/t6-/m1/s1. The molecule has 0 aliphatic carbocycles. The molecule has 2 nitrogen and oxygen atoms in total. The van der Waals surface area contributed by atoms with Gasteiger partial charge in [0.2, 0.25) is 0 Å². The third-order valence-electron chi connectivity index (χ3n) is 1.81. The lowest BCUT2D eigenvalue weighted by molar-refractivity contribution is 0.393. The van der Waals surface area contributed by atoms with Gasteiger partial charge < -0.3 is 4.90 Å². The lowest BCUT2D eigenvalue weighted by Crippen LogP contribution is -2.26. The van der Waals surface area contributed by atoms with Gasteiger partial charge in [0.15, 0.2) is 5.95 Å². The molecule has 0 aromatic rings. The van der Waals surface area contributed by atoms with Crippen LogP contribution in [0.1, 0.15) is 6.92 Å². The molecule has 0 bridgehead atoms. The molecule has 2 rings (SSSR count). The summed E-state index contributed by atoms with van der Waals surface area (Å²) >= 11 is 0. The summed E-state index contributed by atoms with van der Waals surface area (Å²) < 4.78 is 13.0. The number of fused-ring (bicyclic) bond motifs is 1. The number of hydrogen-bond donors (Lipinski definition) is 0. The quantitative estimate of drug-likeness (QED) is 0.480. The van der Waals surface area contributed by atoms with Gasteiger partial charge in [0.05, 0.1) is 6.04 Å². The zero-order valence-electron chi connectivity index (χ0n) is 6.29. The van der Waals surface area contributed by atoms with Gasteiger partial charge in [-0.05, 0) is 19.1 Å². The predicted molar refractivity (Wildman–Crippen MR) is 41.9 cm³/mol. The highest BCUT2D eigenvalue weighted by atomic mass is 19.1. The Labute approximate surface area is 64.7 Å². The summed E-state index contributed by atoms with van der Waals surface area (Å²) in [5.74, 6) is 0.549. The van der Waals surface area contributed by atoms with E-state index in [0.717, 1.165) is 5.84 Å². The zero-order valence-corrected chi connectivity index (χ0v) is 6.29. The summed E-state index contributed by atoms with van der Waals surface area (Å²) in [7, 11) is 0. The van der Waals surface area contributed by atoms with Crippen molar-refractivity contribution in [2.45, 2.75) is 13.0 Å². The Morgan fingerprint density at radius 3 is 3.27 bits per heavy atom. The fraction of sp³-hybridized carbons (Fsp3) is 0.375. The second-order valence-electron chi connectivity index (χ2n) is 2.80. The Morgan fingerprint density at radius 1 is 1.73 bits per heavy atom. The van der Waals surface area contributed by atoms with Crippen molar-refractivity contribution in [2.75, 3.05) is 6.54 Å². The molecule has 11 heavy (non-hydrogen) atoms. The van der Waals surface area contributed by atoms with Crippen molar-refractivity contribution in [3.8, 4) is 0 Å². The van der Waals surface area contributed by atoms with Crippen LogP contribution >= 0.6 is 0 Å². The maximum atomic E-state index is 13.0. The number of amidine groups is 1. The van der Waals surface area contributed by atoms with Crippen molar-refractivity contribution in [1.82, 2.24) is 4.90 Å². The monoisotopic (exact) mass is 152 g/mol. The molecule has 0 aromatic carbocycles. The molecule has 58 valence electrons. The molecule has 1 atom stereocenters. The molecular weight excluding hydrogens is 143 g/mol. The lowest BCUT2D eigenvalue weighted by Gasteiger charge is -2.17. The van der Waals surface area contributed by atoms with Crippen LogP contribution in [0.3, 0.4) is 0 Å². The van der Waals surface area contributed by atoms with Gasteiger partial charge in [-0.2, -0.15) is 4.39 Å². The highest BCUT2D eigenvalue weighted by Crippen LogP contribution is 2.19. The fourth-order valence-corrected chi connectivity index (χ4v) is 1.33. The summed E-state index contributed by atoms with van der Waals surface area (Å²) in [4.78, 5) is 5.82. The molecule has 0 saturated heterocycles. The molecule has 0 unspecified atom stereocenters. The first-order valence-corrected chi connectivity index (χ1v) is 3.66. The normalized spacial score (nSPS) is 28.2. The van der Waals surface area contributed by atoms with Gasteiger partial charge in [-0.3, -0.25) is 4.99 Å². The first-order valence-electron chi connectivity index (χ1n) is 3.66. The number of rotatable bonds is 0. The van der Waals surface area contributed by atoms with E-state index in [2.05, 4.69) is 4.99 Å². The van der Waals surface area contributed by atoms with Gasteiger partial charge >= 0.3 is 0 Å². The minimum Gasteiger partial charge on any atom is -0.301 e. The van der Waals surface area contributed by atoms with E-state index < -0.39 is 0 Å². The lowest BCUT2D eigenvalue weighted by atomic mass is 10.3. The van der Waals surface area contributed by atoms with Crippen molar-refractivity contribution in [3.05, 3.63) is 24.2 Å². The van der Waals surface area contributed by atoms with E-state index in [1.54, 1.807) is 11.0 Å². The van der Waals surface area contributed by atoms with Gasteiger partial charge in [0.25, 0.3) is 0 Å². The molecule has 0 amide bonds. The molecule has 3 heteroatoms. The Kier molecular flexibility index (Phi) is 1.31. The van der Waals surface area contributed by atoms with E-state index in [1.165, 1.54) is 6.08 Å². The third-order valence-corrected chi connectivity index (χ3v) is 1.81. The van der Waals surface area contributed by atoms with Crippen LogP contribution in [0.5, 0.6) is 0 Å². The Morgan fingerprint density at radius 2 is 2.55 bits per heavy atom. The Hall–Kier alpha value is -1.12. The molecule has 0 saturated carbocycles. The molecule has 0 fully saturated rings. The summed E-state index contributed by atoms with van der Waals surface area (Å²) in [5, 5.41) is 0. The van der Waals surface area contributed by atoms with Crippen LogP contribution in [0, 0.1) is 0 Å². The first-order chi connectivity index (χ1) is 5.27. The van der Waals surface area contributed by atoms with Gasteiger partial charge in [-0.1, -0.05) is 6.08 Å². The highest BCUT2D eigenvalue weighted by Gasteiger charge is 2.24. The molecule has 2 aliphatic rings. The maximum absolute atomic E-state index is 13.0.